The second-order valence-corrected chi connectivity index (χ2v) is 6.01. The van der Waals surface area contributed by atoms with Gasteiger partial charge in [0.15, 0.2) is 0 Å². The molecule has 1 atom stereocenters. The molecule has 1 aliphatic rings. The topological polar surface area (TPSA) is 33.5 Å². The van der Waals surface area contributed by atoms with Gasteiger partial charge >= 0.3 is 0 Å². The average Bonchev–Trinajstić information content (AvgIpc) is 3.08. The van der Waals surface area contributed by atoms with Crippen molar-refractivity contribution in [2.75, 3.05) is 13.1 Å². The molecule has 1 aliphatic heterocycles. The predicted octanol–water partition coefficient (Wildman–Crippen LogP) is 4.04. The fourth-order valence-corrected chi connectivity index (χ4v) is 3.17. The van der Waals surface area contributed by atoms with E-state index in [1.165, 1.54) is 30.7 Å². The van der Waals surface area contributed by atoms with Crippen molar-refractivity contribution in [1.82, 2.24) is 4.90 Å². The van der Waals surface area contributed by atoms with Crippen LogP contribution in [0.2, 0.25) is 0 Å². The lowest BCUT2D eigenvalue weighted by Crippen LogP contribution is -2.39. The lowest BCUT2D eigenvalue weighted by Gasteiger charge is -2.32. The Hall–Kier alpha value is -2.17. The Morgan fingerprint density at radius 1 is 1.26 bits per heavy atom. The van der Waals surface area contributed by atoms with Crippen LogP contribution in [0.5, 0.6) is 0 Å². The van der Waals surface area contributed by atoms with Gasteiger partial charge in [-0.05, 0) is 49.8 Å². The molecule has 1 amide bonds. The number of piperidine rings is 1. The number of nitrogens with zero attached hydrogens (tertiary/aromatic N) is 1. The largest absolute Gasteiger partial charge is 0.472 e. The molecule has 1 aromatic heterocycles. The van der Waals surface area contributed by atoms with Crippen LogP contribution in [0.1, 0.15) is 35.2 Å². The van der Waals surface area contributed by atoms with E-state index in [9.17, 15) is 13.6 Å². The SMILES string of the molecule is O=C(c1ccoc1)N1CCC[C@@H](CCc2c(F)cccc2F)C1. The third-order valence-corrected chi connectivity index (χ3v) is 4.44. The number of benzene rings is 1. The van der Waals surface area contributed by atoms with Crippen LogP contribution in [0.4, 0.5) is 8.78 Å². The first-order valence-corrected chi connectivity index (χ1v) is 7.89. The van der Waals surface area contributed by atoms with Gasteiger partial charge in [0.25, 0.3) is 5.91 Å². The Bertz CT molecular complexity index is 649. The number of carbonyl (C=O) groups excluding carboxylic acids is 1. The zero-order chi connectivity index (χ0) is 16.2. The Morgan fingerprint density at radius 3 is 2.74 bits per heavy atom. The smallest absolute Gasteiger partial charge is 0.257 e. The molecule has 3 rings (SSSR count). The second-order valence-electron chi connectivity index (χ2n) is 6.01. The fraction of sp³-hybridized carbons (Fsp3) is 0.389. The summed E-state index contributed by atoms with van der Waals surface area (Å²) in [5.41, 5.74) is 0.691. The molecule has 0 N–H and O–H groups in total. The van der Waals surface area contributed by atoms with Crippen molar-refractivity contribution in [3.05, 3.63) is 59.6 Å². The van der Waals surface area contributed by atoms with Crippen LogP contribution in [0.3, 0.4) is 0 Å². The molecular weight excluding hydrogens is 300 g/mol. The van der Waals surface area contributed by atoms with Crippen molar-refractivity contribution >= 4 is 5.91 Å². The maximum Gasteiger partial charge on any atom is 0.257 e. The van der Waals surface area contributed by atoms with Crippen LogP contribution in [-0.2, 0) is 6.42 Å². The van der Waals surface area contributed by atoms with Crippen molar-refractivity contribution < 1.29 is 18.0 Å². The molecule has 1 saturated heterocycles. The van der Waals surface area contributed by atoms with Crippen LogP contribution in [0.25, 0.3) is 0 Å². The standard InChI is InChI=1S/C18H19F2NO2/c19-16-4-1-5-17(20)15(16)7-6-13-3-2-9-21(11-13)18(22)14-8-10-23-12-14/h1,4-5,8,10,12-13H,2-3,6-7,9,11H2/t13-/m0/s1. The van der Waals surface area contributed by atoms with E-state index in [0.717, 1.165) is 12.8 Å². The Balaban J connectivity index is 1.60. The van der Waals surface area contributed by atoms with Crippen molar-refractivity contribution in [1.29, 1.82) is 0 Å². The van der Waals surface area contributed by atoms with Gasteiger partial charge in [-0.1, -0.05) is 6.07 Å². The molecule has 0 spiro atoms. The molecule has 0 radical (unpaired) electrons. The summed E-state index contributed by atoms with van der Waals surface area (Å²) in [6.45, 7) is 1.34. The summed E-state index contributed by atoms with van der Waals surface area (Å²) in [6, 6.07) is 5.60. The molecule has 2 aromatic rings. The van der Waals surface area contributed by atoms with E-state index in [0.29, 0.717) is 31.5 Å². The molecule has 122 valence electrons. The number of carbonyl (C=O) groups is 1. The van der Waals surface area contributed by atoms with Crippen LogP contribution in [0, 0.1) is 17.6 Å². The zero-order valence-corrected chi connectivity index (χ0v) is 12.8. The van der Waals surface area contributed by atoms with E-state index in [1.54, 1.807) is 11.0 Å². The molecular formula is C18H19F2NO2. The Kier molecular flexibility index (Phi) is 4.74. The first-order valence-electron chi connectivity index (χ1n) is 7.89. The summed E-state index contributed by atoms with van der Waals surface area (Å²) in [5.74, 6) is -0.765. The van der Waals surface area contributed by atoms with E-state index >= 15 is 0 Å². The van der Waals surface area contributed by atoms with E-state index in [2.05, 4.69) is 0 Å². The number of likely N-dealkylation sites (tertiary alicyclic amines) is 1. The number of halogens is 2. The fourth-order valence-electron chi connectivity index (χ4n) is 3.17. The quantitative estimate of drug-likeness (QED) is 0.852. The number of furan rings is 1. The second kappa shape index (κ2) is 6.94. The molecule has 2 heterocycles. The monoisotopic (exact) mass is 319 g/mol. The van der Waals surface area contributed by atoms with Crippen molar-refractivity contribution in [2.24, 2.45) is 5.92 Å². The van der Waals surface area contributed by atoms with Gasteiger partial charge in [-0.25, -0.2) is 8.78 Å². The lowest BCUT2D eigenvalue weighted by atomic mass is 9.91. The molecule has 1 fully saturated rings. The van der Waals surface area contributed by atoms with Crippen molar-refractivity contribution in [3.63, 3.8) is 0 Å². The first kappa shape index (κ1) is 15.7. The summed E-state index contributed by atoms with van der Waals surface area (Å²) in [7, 11) is 0. The highest BCUT2D eigenvalue weighted by Gasteiger charge is 2.25. The number of rotatable bonds is 4. The summed E-state index contributed by atoms with van der Waals surface area (Å²) >= 11 is 0. The summed E-state index contributed by atoms with van der Waals surface area (Å²) < 4.78 is 32.3. The summed E-state index contributed by atoms with van der Waals surface area (Å²) in [6.07, 6.45) is 5.85. The van der Waals surface area contributed by atoms with Gasteiger partial charge in [-0.2, -0.15) is 0 Å². The summed E-state index contributed by atoms with van der Waals surface area (Å²) in [4.78, 5) is 14.1. The number of hydrogen-bond donors (Lipinski definition) is 0. The van der Waals surface area contributed by atoms with E-state index in [1.807, 2.05) is 0 Å². The van der Waals surface area contributed by atoms with Crippen LogP contribution >= 0.6 is 0 Å². The lowest BCUT2D eigenvalue weighted by molar-refractivity contribution is 0.0667. The zero-order valence-electron chi connectivity index (χ0n) is 12.8. The Labute approximate surface area is 133 Å². The van der Waals surface area contributed by atoms with Crippen LogP contribution in [-0.4, -0.2) is 23.9 Å². The minimum absolute atomic E-state index is 0.0412. The van der Waals surface area contributed by atoms with Crippen LogP contribution in [0.15, 0.2) is 41.2 Å². The third-order valence-electron chi connectivity index (χ3n) is 4.44. The van der Waals surface area contributed by atoms with Gasteiger partial charge in [0, 0.05) is 18.7 Å². The minimum Gasteiger partial charge on any atom is -0.472 e. The minimum atomic E-state index is -0.493. The molecule has 0 bridgehead atoms. The van der Waals surface area contributed by atoms with Gasteiger partial charge in [0.05, 0.1) is 11.8 Å². The predicted molar refractivity (Wildman–Crippen MR) is 82.0 cm³/mol. The van der Waals surface area contributed by atoms with Gasteiger partial charge in [-0.15, -0.1) is 0 Å². The van der Waals surface area contributed by atoms with Gasteiger partial charge in [0.2, 0.25) is 0 Å². The highest BCUT2D eigenvalue weighted by atomic mass is 19.1. The number of hydrogen-bond acceptors (Lipinski definition) is 2. The van der Waals surface area contributed by atoms with E-state index in [4.69, 9.17) is 4.42 Å². The molecule has 23 heavy (non-hydrogen) atoms. The molecule has 0 aliphatic carbocycles. The third kappa shape index (κ3) is 3.60. The Morgan fingerprint density at radius 2 is 2.04 bits per heavy atom. The maximum absolute atomic E-state index is 13.7. The molecule has 5 heteroatoms. The van der Waals surface area contributed by atoms with E-state index in [-0.39, 0.29) is 17.4 Å². The van der Waals surface area contributed by atoms with Gasteiger partial charge < -0.3 is 9.32 Å². The average molecular weight is 319 g/mol. The van der Waals surface area contributed by atoms with E-state index < -0.39 is 11.6 Å². The maximum atomic E-state index is 13.7. The molecule has 3 nitrogen and oxygen atoms in total. The summed E-state index contributed by atoms with van der Waals surface area (Å²) in [5, 5.41) is 0. The highest BCUT2D eigenvalue weighted by Crippen LogP contribution is 2.24. The molecule has 0 saturated carbocycles. The van der Waals surface area contributed by atoms with Crippen LogP contribution < -0.4 is 0 Å². The highest BCUT2D eigenvalue weighted by molar-refractivity contribution is 5.93. The molecule has 0 unspecified atom stereocenters. The van der Waals surface area contributed by atoms with Gasteiger partial charge in [0.1, 0.15) is 17.9 Å². The van der Waals surface area contributed by atoms with Crippen molar-refractivity contribution in [2.45, 2.75) is 25.7 Å². The molecule has 1 aromatic carbocycles. The normalized spacial score (nSPS) is 18.2. The van der Waals surface area contributed by atoms with Crippen molar-refractivity contribution in [3.8, 4) is 0 Å². The van der Waals surface area contributed by atoms with Gasteiger partial charge in [-0.3, -0.25) is 4.79 Å². The first-order chi connectivity index (χ1) is 11.1. The number of amides is 1.